The van der Waals surface area contributed by atoms with Crippen LogP contribution >= 0.6 is 0 Å². The van der Waals surface area contributed by atoms with E-state index >= 15 is 0 Å². The van der Waals surface area contributed by atoms with E-state index in [1.54, 1.807) is 5.57 Å². The Kier molecular flexibility index (Phi) is 6.11. The Hall–Kier alpha value is -1.05. The monoisotopic (exact) mass is 317 g/mol. The van der Waals surface area contributed by atoms with Crippen molar-refractivity contribution in [2.75, 3.05) is 0 Å². The van der Waals surface area contributed by atoms with Gasteiger partial charge in [-0.25, -0.2) is 0 Å². The highest BCUT2D eigenvalue weighted by molar-refractivity contribution is 5.48. The zero-order valence-electron chi connectivity index (χ0n) is 15.7. The first-order valence-electron chi connectivity index (χ1n) is 9.39. The van der Waals surface area contributed by atoms with Gasteiger partial charge in [-0.05, 0) is 89.9 Å². The molecule has 23 heavy (non-hydrogen) atoms. The molecule has 0 aromatic heterocycles. The first kappa shape index (κ1) is 18.3. The zero-order valence-corrected chi connectivity index (χ0v) is 15.7. The molecule has 2 heteroatoms. The quantitative estimate of drug-likeness (QED) is 0.525. The average Bonchev–Trinajstić information content (AvgIpc) is 2.47. The first-order chi connectivity index (χ1) is 10.9. The van der Waals surface area contributed by atoms with E-state index in [0.717, 1.165) is 24.7 Å². The molecular weight excluding hydrogens is 282 g/mol. The maximum Gasteiger partial charge on any atom is 0.207 e. The molecule has 0 radical (unpaired) electrons. The van der Waals surface area contributed by atoms with Crippen molar-refractivity contribution < 1.29 is 4.79 Å². The molecule has 0 aromatic rings. The van der Waals surface area contributed by atoms with Crippen LogP contribution in [0.5, 0.6) is 0 Å². The molecule has 1 amide bonds. The van der Waals surface area contributed by atoms with E-state index in [0.29, 0.717) is 11.8 Å². The first-order valence-corrected chi connectivity index (χ1v) is 9.39. The van der Waals surface area contributed by atoms with Crippen molar-refractivity contribution in [3.8, 4) is 0 Å². The summed E-state index contributed by atoms with van der Waals surface area (Å²) in [6.45, 7) is 11.3. The standard InChI is InChI=1S/C21H35NO/c1-15(2)7-6-8-17(4)18-11-12-21(5,22-14-23)20-10-9-16(3)13-19(18)20/h7,13-14,17-20H,6,8-12H2,1-5H3,(H,22,23)/t17?,18-,19-,20-,21+/m1/s1. The fraction of sp³-hybridized carbons (Fsp3) is 0.762. The number of nitrogens with one attached hydrogen (secondary N) is 1. The lowest BCUT2D eigenvalue weighted by Gasteiger charge is -2.52. The van der Waals surface area contributed by atoms with Crippen molar-refractivity contribution in [1.29, 1.82) is 0 Å². The maximum absolute atomic E-state index is 11.1. The molecule has 5 atom stereocenters. The minimum Gasteiger partial charge on any atom is -0.353 e. The lowest BCUT2D eigenvalue weighted by Crippen LogP contribution is -2.56. The fourth-order valence-electron chi connectivity index (χ4n) is 4.94. The van der Waals surface area contributed by atoms with Gasteiger partial charge < -0.3 is 5.32 Å². The van der Waals surface area contributed by atoms with Crippen LogP contribution in [0.3, 0.4) is 0 Å². The fourth-order valence-corrected chi connectivity index (χ4v) is 4.94. The Morgan fingerprint density at radius 3 is 2.83 bits per heavy atom. The third-order valence-corrected chi connectivity index (χ3v) is 6.40. The van der Waals surface area contributed by atoms with Crippen molar-refractivity contribution in [1.82, 2.24) is 5.32 Å². The molecule has 1 unspecified atom stereocenters. The van der Waals surface area contributed by atoms with Crippen molar-refractivity contribution in [2.45, 2.75) is 78.7 Å². The normalized spacial score (nSPS) is 34.8. The van der Waals surface area contributed by atoms with Crippen LogP contribution in [0.2, 0.25) is 0 Å². The Balaban J connectivity index is 2.14. The van der Waals surface area contributed by atoms with Gasteiger partial charge in [-0.1, -0.05) is 30.2 Å². The number of amides is 1. The Labute approximate surface area is 142 Å². The summed E-state index contributed by atoms with van der Waals surface area (Å²) >= 11 is 0. The van der Waals surface area contributed by atoms with Crippen LogP contribution in [0, 0.1) is 23.7 Å². The second-order valence-electron chi connectivity index (χ2n) is 8.45. The average molecular weight is 318 g/mol. The van der Waals surface area contributed by atoms with Gasteiger partial charge in [0.15, 0.2) is 0 Å². The molecule has 2 aliphatic rings. The van der Waals surface area contributed by atoms with Crippen molar-refractivity contribution in [3.05, 3.63) is 23.3 Å². The second kappa shape index (κ2) is 7.68. The number of fused-ring (bicyclic) bond motifs is 1. The predicted octanol–water partition coefficient (Wildman–Crippen LogP) is 5.26. The molecule has 0 aromatic carbocycles. The minimum atomic E-state index is -0.0141. The smallest absolute Gasteiger partial charge is 0.207 e. The zero-order chi connectivity index (χ0) is 17.0. The summed E-state index contributed by atoms with van der Waals surface area (Å²) in [6, 6.07) is 0. The number of hydrogen-bond acceptors (Lipinski definition) is 1. The van der Waals surface area contributed by atoms with Gasteiger partial charge in [-0.15, -0.1) is 0 Å². The van der Waals surface area contributed by atoms with Gasteiger partial charge in [-0.2, -0.15) is 0 Å². The molecule has 2 nitrogen and oxygen atoms in total. The van der Waals surface area contributed by atoms with E-state index < -0.39 is 0 Å². The van der Waals surface area contributed by atoms with E-state index in [-0.39, 0.29) is 5.54 Å². The molecule has 1 N–H and O–H groups in total. The van der Waals surface area contributed by atoms with Gasteiger partial charge in [0.05, 0.1) is 0 Å². The molecular formula is C21H35NO. The summed E-state index contributed by atoms with van der Waals surface area (Å²) in [5, 5.41) is 3.17. The van der Waals surface area contributed by atoms with Crippen molar-refractivity contribution in [2.24, 2.45) is 23.7 Å². The highest BCUT2D eigenvalue weighted by atomic mass is 16.1. The second-order valence-corrected chi connectivity index (χ2v) is 8.45. The highest BCUT2D eigenvalue weighted by Crippen LogP contribution is 2.50. The Morgan fingerprint density at radius 2 is 2.17 bits per heavy atom. The Bertz CT molecular complexity index is 474. The summed E-state index contributed by atoms with van der Waals surface area (Å²) in [7, 11) is 0. The van der Waals surface area contributed by atoms with Crippen LogP contribution < -0.4 is 5.32 Å². The van der Waals surface area contributed by atoms with Crippen LogP contribution in [0.15, 0.2) is 23.3 Å². The van der Waals surface area contributed by atoms with Crippen LogP contribution in [-0.2, 0) is 4.79 Å². The molecule has 0 spiro atoms. The van der Waals surface area contributed by atoms with Gasteiger partial charge in [0.25, 0.3) is 0 Å². The van der Waals surface area contributed by atoms with Gasteiger partial charge in [0.2, 0.25) is 6.41 Å². The number of allylic oxidation sites excluding steroid dienone is 4. The van der Waals surface area contributed by atoms with Crippen LogP contribution in [0.25, 0.3) is 0 Å². The minimum absolute atomic E-state index is 0.0141. The molecule has 0 saturated heterocycles. The van der Waals surface area contributed by atoms with Gasteiger partial charge in [-0.3, -0.25) is 4.79 Å². The molecule has 130 valence electrons. The molecule has 0 bridgehead atoms. The van der Waals surface area contributed by atoms with Crippen molar-refractivity contribution in [3.63, 3.8) is 0 Å². The van der Waals surface area contributed by atoms with E-state index in [1.165, 1.54) is 37.7 Å². The molecule has 0 aliphatic heterocycles. The number of carbonyl (C=O) groups is 1. The molecule has 0 heterocycles. The predicted molar refractivity (Wildman–Crippen MR) is 98.1 cm³/mol. The van der Waals surface area contributed by atoms with Crippen LogP contribution in [0.1, 0.15) is 73.1 Å². The molecule has 2 rings (SSSR count). The lowest BCUT2D eigenvalue weighted by molar-refractivity contribution is -0.113. The maximum atomic E-state index is 11.1. The summed E-state index contributed by atoms with van der Waals surface area (Å²) in [5.41, 5.74) is 2.96. The number of rotatable bonds is 6. The van der Waals surface area contributed by atoms with Crippen molar-refractivity contribution >= 4 is 6.41 Å². The van der Waals surface area contributed by atoms with E-state index in [4.69, 9.17) is 0 Å². The van der Waals surface area contributed by atoms with Gasteiger partial charge in [0, 0.05) is 5.54 Å². The van der Waals surface area contributed by atoms with E-state index in [9.17, 15) is 4.79 Å². The topological polar surface area (TPSA) is 29.1 Å². The molecule has 1 fully saturated rings. The number of hydrogen-bond donors (Lipinski definition) is 1. The molecule has 2 aliphatic carbocycles. The Morgan fingerprint density at radius 1 is 1.43 bits per heavy atom. The summed E-state index contributed by atoms with van der Waals surface area (Å²) in [5.74, 6) is 2.75. The third-order valence-electron chi connectivity index (χ3n) is 6.40. The van der Waals surface area contributed by atoms with Crippen LogP contribution in [0.4, 0.5) is 0 Å². The summed E-state index contributed by atoms with van der Waals surface area (Å²) < 4.78 is 0. The summed E-state index contributed by atoms with van der Waals surface area (Å²) in [6.07, 6.45) is 13.1. The lowest BCUT2D eigenvalue weighted by atomic mass is 9.56. The SMILES string of the molecule is CC(C)=CCCC(C)[C@H]1CC[C@](C)(NC=O)[C@@H]2CCC(C)=C[C@H]12. The van der Waals surface area contributed by atoms with E-state index in [1.807, 2.05) is 0 Å². The largest absolute Gasteiger partial charge is 0.353 e. The molecule has 1 saturated carbocycles. The summed E-state index contributed by atoms with van der Waals surface area (Å²) in [4.78, 5) is 11.1. The highest BCUT2D eigenvalue weighted by Gasteiger charge is 2.47. The van der Waals surface area contributed by atoms with E-state index in [2.05, 4.69) is 52.1 Å². The van der Waals surface area contributed by atoms with Crippen LogP contribution in [-0.4, -0.2) is 11.9 Å². The third kappa shape index (κ3) is 4.28. The number of carbonyl (C=O) groups excluding carboxylic acids is 1. The van der Waals surface area contributed by atoms with Gasteiger partial charge >= 0.3 is 0 Å². The van der Waals surface area contributed by atoms with Gasteiger partial charge in [0.1, 0.15) is 0 Å².